The molecule has 0 amide bonds. The van der Waals surface area contributed by atoms with E-state index >= 15 is 0 Å². The van der Waals surface area contributed by atoms with E-state index in [0.717, 1.165) is 35.6 Å². The van der Waals surface area contributed by atoms with Gasteiger partial charge in [0.1, 0.15) is 17.4 Å². The number of hydrogen-bond acceptors (Lipinski definition) is 7. The van der Waals surface area contributed by atoms with Gasteiger partial charge >= 0.3 is 0 Å². The van der Waals surface area contributed by atoms with Gasteiger partial charge in [-0.05, 0) is 42.7 Å². The first-order valence-electron chi connectivity index (χ1n) is 9.82. The van der Waals surface area contributed by atoms with Crippen LogP contribution >= 0.6 is 0 Å². The van der Waals surface area contributed by atoms with Crippen LogP contribution in [0.15, 0.2) is 54.9 Å². The van der Waals surface area contributed by atoms with Crippen molar-refractivity contribution in [2.75, 3.05) is 19.2 Å². The Morgan fingerprint density at radius 2 is 1.93 bits per heavy atom. The predicted molar refractivity (Wildman–Crippen MR) is 110 cm³/mol. The van der Waals surface area contributed by atoms with Gasteiger partial charge in [0.2, 0.25) is 6.79 Å². The van der Waals surface area contributed by atoms with Gasteiger partial charge in [0, 0.05) is 0 Å². The lowest BCUT2D eigenvalue weighted by Crippen LogP contribution is -2.23. The zero-order valence-electron chi connectivity index (χ0n) is 16.6. The van der Waals surface area contributed by atoms with E-state index in [1.165, 1.54) is 0 Å². The molecule has 1 aliphatic heterocycles. The van der Waals surface area contributed by atoms with Gasteiger partial charge in [-0.15, -0.1) is 0 Å². The molecule has 1 N–H and O–H groups in total. The van der Waals surface area contributed by atoms with Crippen LogP contribution in [0.1, 0.15) is 24.1 Å². The Kier molecular flexibility index (Phi) is 4.50. The standard InChI is InChI=1S/C23H21N3O4/c1-28-18-5-3-2-4-17(18)26-22-13-24-16(12-25-22)11-21(27)23(8-9-23)15-6-7-19-20(10-15)30-14-29-19/h2-7,10,12-13H,8-9,11,14H2,1H3,(H,25,26). The van der Waals surface area contributed by atoms with Crippen LogP contribution in [0.3, 0.4) is 0 Å². The van der Waals surface area contributed by atoms with Crippen LogP contribution in [0, 0.1) is 0 Å². The predicted octanol–water partition coefficient (Wildman–Crippen LogP) is 3.80. The summed E-state index contributed by atoms with van der Waals surface area (Å²) in [5.41, 5.74) is 1.99. The first-order valence-corrected chi connectivity index (χ1v) is 9.82. The second kappa shape index (κ2) is 7.33. The number of anilines is 2. The Hall–Kier alpha value is -3.61. The van der Waals surface area contributed by atoms with Crippen LogP contribution in [-0.4, -0.2) is 29.7 Å². The molecule has 2 aromatic carbocycles. The van der Waals surface area contributed by atoms with Crippen LogP contribution in [-0.2, 0) is 16.6 Å². The molecule has 1 aromatic heterocycles. The highest BCUT2D eigenvalue weighted by molar-refractivity contribution is 5.94. The van der Waals surface area contributed by atoms with Crippen molar-refractivity contribution in [3.63, 3.8) is 0 Å². The number of hydrogen-bond donors (Lipinski definition) is 1. The molecule has 0 saturated heterocycles. The fourth-order valence-electron chi connectivity index (χ4n) is 3.78. The second-order valence-corrected chi connectivity index (χ2v) is 7.47. The monoisotopic (exact) mass is 403 g/mol. The number of benzene rings is 2. The van der Waals surface area contributed by atoms with Gasteiger partial charge in [0.25, 0.3) is 0 Å². The van der Waals surface area contributed by atoms with E-state index in [2.05, 4.69) is 15.3 Å². The number of methoxy groups -OCH3 is 1. The van der Waals surface area contributed by atoms with Crippen molar-refractivity contribution < 1.29 is 19.0 Å². The molecular formula is C23H21N3O4. The van der Waals surface area contributed by atoms with E-state index in [4.69, 9.17) is 14.2 Å². The molecule has 0 bridgehead atoms. The maximum Gasteiger partial charge on any atom is 0.231 e. The molecule has 30 heavy (non-hydrogen) atoms. The van der Waals surface area contributed by atoms with Crippen LogP contribution in [0.5, 0.6) is 17.2 Å². The van der Waals surface area contributed by atoms with Gasteiger partial charge < -0.3 is 19.5 Å². The summed E-state index contributed by atoms with van der Waals surface area (Å²) in [7, 11) is 1.62. The molecule has 7 nitrogen and oxygen atoms in total. The van der Waals surface area contributed by atoms with Crippen molar-refractivity contribution in [3.8, 4) is 17.2 Å². The number of nitrogens with one attached hydrogen (secondary N) is 1. The van der Waals surface area contributed by atoms with E-state index in [1.54, 1.807) is 19.5 Å². The summed E-state index contributed by atoms with van der Waals surface area (Å²) in [4.78, 5) is 21.9. The number of para-hydroxylation sites is 2. The Morgan fingerprint density at radius 1 is 1.10 bits per heavy atom. The van der Waals surface area contributed by atoms with Crippen molar-refractivity contribution in [1.29, 1.82) is 0 Å². The van der Waals surface area contributed by atoms with E-state index in [1.807, 2.05) is 42.5 Å². The van der Waals surface area contributed by atoms with Crippen molar-refractivity contribution in [1.82, 2.24) is 9.97 Å². The Labute approximate surface area is 174 Å². The summed E-state index contributed by atoms with van der Waals surface area (Å²) < 4.78 is 16.2. The molecule has 3 aromatic rings. The number of ether oxygens (including phenoxy) is 3. The first-order chi connectivity index (χ1) is 14.7. The summed E-state index contributed by atoms with van der Waals surface area (Å²) in [5, 5.41) is 3.19. The van der Waals surface area contributed by atoms with Crippen molar-refractivity contribution in [3.05, 3.63) is 66.1 Å². The molecule has 2 aliphatic rings. The minimum atomic E-state index is -0.447. The molecular weight excluding hydrogens is 382 g/mol. The van der Waals surface area contributed by atoms with Gasteiger partial charge in [0.15, 0.2) is 11.5 Å². The lowest BCUT2D eigenvalue weighted by Gasteiger charge is -2.15. The summed E-state index contributed by atoms with van der Waals surface area (Å²) in [5.74, 6) is 2.90. The van der Waals surface area contributed by atoms with Crippen LogP contribution < -0.4 is 19.5 Å². The van der Waals surface area contributed by atoms with E-state index < -0.39 is 5.41 Å². The van der Waals surface area contributed by atoms with E-state index in [9.17, 15) is 4.79 Å². The van der Waals surface area contributed by atoms with Crippen molar-refractivity contribution in [2.24, 2.45) is 0 Å². The third-order valence-electron chi connectivity index (χ3n) is 5.63. The average molecular weight is 403 g/mol. The van der Waals surface area contributed by atoms with Gasteiger partial charge in [-0.2, -0.15) is 0 Å². The molecule has 1 fully saturated rings. The number of nitrogens with zero attached hydrogens (tertiary/aromatic N) is 2. The third-order valence-corrected chi connectivity index (χ3v) is 5.63. The normalized spacial score (nSPS) is 15.5. The number of Topliss-reactive ketones (excluding diaryl/α,β-unsaturated/α-hetero) is 1. The number of rotatable bonds is 7. The fraction of sp³-hybridized carbons (Fsp3) is 0.261. The molecule has 1 aliphatic carbocycles. The molecule has 0 radical (unpaired) electrons. The van der Waals surface area contributed by atoms with Gasteiger partial charge in [-0.25, -0.2) is 4.98 Å². The highest BCUT2D eigenvalue weighted by Crippen LogP contribution is 2.51. The highest BCUT2D eigenvalue weighted by atomic mass is 16.7. The van der Waals surface area contributed by atoms with Gasteiger partial charge in [-0.3, -0.25) is 9.78 Å². The van der Waals surface area contributed by atoms with Crippen LogP contribution in [0.2, 0.25) is 0 Å². The SMILES string of the molecule is COc1ccccc1Nc1cnc(CC(=O)C2(c3ccc4c(c3)OCO4)CC2)cn1. The molecule has 7 heteroatoms. The summed E-state index contributed by atoms with van der Waals surface area (Å²) >= 11 is 0. The largest absolute Gasteiger partial charge is 0.495 e. The number of carbonyl (C=O) groups excluding carboxylic acids is 1. The zero-order chi connectivity index (χ0) is 20.6. The lowest BCUT2D eigenvalue weighted by atomic mass is 9.89. The number of fused-ring (bicyclic) bond motifs is 1. The molecule has 0 spiro atoms. The Balaban J connectivity index is 1.28. The molecule has 2 heterocycles. The molecule has 1 saturated carbocycles. The minimum absolute atomic E-state index is 0.154. The second-order valence-electron chi connectivity index (χ2n) is 7.47. The van der Waals surface area contributed by atoms with E-state index in [-0.39, 0.29) is 19.0 Å². The summed E-state index contributed by atoms with van der Waals surface area (Å²) in [6.07, 6.45) is 5.20. The quantitative estimate of drug-likeness (QED) is 0.642. The van der Waals surface area contributed by atoms with Gasteiger partial charge in [0.05, 0.1) is 42.7 Å². The van der Waals surface area contributed by atoms with Crippen LogP contribution in [0.4, 0.5) is 11.5 Å². The topological polar surface area (TPSA) is 82.6 Å². The Bertz CT molecular complexity index is 1090. The van der Waals surface area contributed by atoms with Gasteiger partial charge in [-0.1, -0.05) is 18.2 Å². The molecule has 0 unspecified atom stereocenters. The number of aromatic nitrogens is 2. The zero-order valence-corrected chi connectivity index (χ0v) is 16.6. The Morgan fingerprint density at radius 3 is 2.70 bits per heavy atom. The van der Waals surface area contributed by atoms with Crippen molar-refractivity contribution in [2.45, 2.75) is 24.7 Å². The maximum atomic E-state index is 13.1. The number of carbonyl (C=O) groups is 1. The molecule has 5 rings (SSSR count). The maximum absolute atomic E-state index is 13.1. The first kappa shape index (κ1) is 18.4. The minimum Gasteiger partial charge on any atom is -0.495 e. The third kappa shape index (κ3) is 3.32. The smallest absolute Gasteiger partial charge is 0.231 e. The highest BCUT2D eigenvalue weighted by Gasteiger charge is 2.51. The summed E-state index contributed by atoms with van der Waals surface area (Å²) in [6, 6.07) is 13.4. The number of ketones is 1. The van der Waals surface area contributed by atoms with Crippen LogP contribution in [0.25, 0.3) is 0 Å². The summed E-state index contributed by atoms with van der Waals surface area (Å²) in [6.45, 7) is 0.227. The average Bonchev–Trinajstić information content (AvgIpc) is 3.46. The van der Waals surface area contributed by atoms with Crippen molar-refractivity contribution >= 4 is 17.3 Å². The molecule has 0 atom stereocenters. The fourth-order valence-corrected chi connectivity index (χ4v) is 3.78. The van der Waals surface area contributed by atoms with E-state index in [0.29, 0.717) is 17.3 Å². The molecule has 152 valence electrons. The lowest BCUT2D eigenvalue weighted by molar-refractivity contribution is -0.120.